The number of hydrogen-bond donors (Lipinski definition) is 1. The minimum absolute atomic E-state index is 0.0442. The molecule has 0 unspecified atom stereocenters. The molecule has 0 saturated heterocycles. The fourth-order valence-corrected chi connectivity index (χ4v) is 2.58. The predicted octanol–water partition coefficient (Wildman–Crippen LogP) is 4.05. The highest BCUT2D eigenvalue weighted by molar-refractivity contribution is 5.64. The fourth-order valence-electron chi connectivity index (χ4n) is 2.58. The number of nitro groups is 1. The quantitative estimate of drug-likeness (QED) is 0.682. The number of nitrogens with one attached hydrogen (secondary N) is 1. The molecule has 1 N–H and O–H groups in total. The Balaban J connectivity index is 1.95. The Hall–Kier alpha value is -2.56. The highest BCUT2D eigenvalue weighted by Crippen LogP contribution is 2.36. The number of fused-ring (bicyclic) bond motifs is 1. The maximum absolute atomic E-state index is 10.9. The van der Waals surface area contributed by atoms with E-state index in [1.54, 1.807) is 6.07 Å². The van der Waals surface area contributed by atoms with E-state index < -0.39 is 4.92 Å². The number of aryl methyl sites for hydroxylation is 2. The van der Waals surface area contributed by atoms with Gasteiger partial charge in [-0.25, -0.2) is 0 Å². The molecule has 5 nitrogen and oxygen atoms in total. The number of nitrogens with zero attached hydrogens (tertiary/aromatic N) is 1. The van der Waals surface area contributed by atoms with Crippen LogP contribution in [0.5, 0.6) is 11.5 Å². The zero-order chi connectivity index (χ0) is 14.8. The predicted molar refractivity (Wildman–Crippen MR) is 81.2 cm³/mol. The summed E-state index contributed by atoms with van der Waals surface area (Å²) in [5.41, 5.74) is 3.06. The van der Waals surface area contributed by atoms with Crippen molar-refractivity contribution in [2.45, 2.75) is 19.8 Å². The van der Waals surface area contributed by atoms with Gasteiger partial charge in [0.15, 0.2) is 5.75 Å². The van der Waals surface area contributed by atoms with Gasteiger partial charge < -0.3 is 10.1 Å². The molecule has 3 rings (SSSR count). The first-order valence-electron chi connectivity index (χ1n) is 6.93. The van der Waals surface area contributed by atoms with Gasteiger partial charge in [-0.3, -0.25) is 10.1 Å². The first-order valence-corrected chi connectivity index (χ1v) is 6.93. The van der Waals surface area contributed by atoms with Gasteiger partial charge >= 0.3 is 0 Å². The lowest BCUT2D eigenvalue weighted by molar-refractivity contribution is -0.385. The van der Waals surface area contributed by atoms with Gasteiger partial charge in [0.1, 0.15) is 5.75 Å². The molecule has 5 heteroatoms. The third kappa shape index (κ3) is 2.81. The summed E-state index contributed by atoms with van der Waals surface area (Å²) < 4.78 is 5.88. The third-order valence-electron chi connectivity index (χ3n) is 3.51. The largest absolute Gasteiger partial charge is 0.455 e. The Morgan fingerprint density at radius 2 is 2.14 bits per heavy atom. The Morgan fingerprint density at radius 3 is 2.95 bits per heavy atom. The summed E-state index contributed by atoms with van der Waals surface area (Å²) in [6.45, 7) is 2.74. The third-order valence-corrected chi connectivity index (χ3v) is 3.51. The molecule has 0 radical (unpaired) electrons. The second kappa shape index (κ2) is 5.44. The van der Waals surface area contributed by atoms with Crippen molar-refractivity contribution in [3.63, 3.8) is 0 Å². The normalized spacial score (nSPS) is 13.2. The van der Waals surface area contributed by atoms with Crippen molar-refractivity contribution >= 4 is 11.4 Å². The molecule has 0 amide bonds. The zero-order valence-corrected chi connectivity index (χ0v) is 11.8. The molecular formula is C16H16N2O3. The van der Waals surface area contributed by atoms with Crippen LogP contribution in [-0.2, 0) is 6.42 Å². The summed E-state index contributed by atoms with van der Waals surface area (Å²) in [5, 5.41) is 14.3. The maximum Gasteiger partial charge on any atom is 0.273 e. The van der Waals surface area contributed by atoms with Crippen molar-refractivity contribution < 1.29 is 9.66 Å². The number of non-ortho nitro benzene ring substituents is 1. The van der Waals surface area contributed by atoms with Crippen LogP contribution in [0, 0.1) is 17.0 Å². The molecule has 0 aromatic heterocycles. The Labute approximate surface area is 122 Å². The van der Waals surface area contributed by atoms with Crippen molar-refractivity contribution in [3.05, 3.63) is 57.6 Å². The van der Waals surface area contributed by atoms with Gasteiger partial charge in [-0.05, 0) is 43.0 Å². The van der Waals surface area contributed by atoms with Gasteiger partial charge in [-0.2, -0.15) is 0 Å². The molecule has 0 fully saturated rings. The molecular weight excluding hydrogens is 268 g/mol. The van der Waals surface area contributed by atoms with Gasteiger partial charge in [-0.15, -0.1) is 0 Å². The molecule has 1 aliphatic heterocycles. The standard InChI is InChI=1S/C16H16N2O3/c1-11-8-13(18(19)20)10-14(9-11)21-15-6-2-4-12-5-3-7-17-16(12)15/h2,4,6,8-10,17H,3,5,7H2,1H3. The van der Waals surface area contributed by atoms with E-state index in [4.69, 9.17) is 4.74 Å². The number of anilines is 1. The van der Waals surface area contributed by atoms with Crippen LogP contribution < -0.4 is 10.1 Å². The van der Waals surface area contributed by atoms with Crippen LogP contribution in [-0.4, -0.2) is 11.5 Å². The number of ether oxygens (including phenoxy) is 1. The Kier molecular flexibility index (Phi) is 3.48. The molecule has 2 aromatic carbocycles. The number of rotatable bonds is 3. The van der Waals surface area contributed by atoms with Crippen molar-refractivity contribution in [1.82, 2.24) is 0 Å². The van der Waals surface area contributed by atoms with Crippen LogP contribution in [0.25, 0.3) is 0 Å². The molecule has 0 saturated carbocycles. The van der Waals surface area contributed by atoms with E-state index in [2.05, 4.69) is 11.4 Å². The fraction of sp³-hybridized carbons (Fsp3) is 0.250. The zero-order valence-electron chi connectivity index (χ0n) is 11.8. The summed E-state index contributed by atoms with van der Waals surface area (Å²) in [5.74, 6) is 1.20. The van der Waals surface area contributed by atoms with Gasteiger partial charge in [0.05, 0.1) is 16.7 Å². The lowest BCUT2D eigenvalue weighted by Gasteiger charge is -2.21. The maximum atomic E-state index is 10.9. The summed E-state index contributed by atoms with van der Waals surface area (Å²) in [7, 11) is 0. The van der Waals surface area contributed by atoms with Crippen molar-refractivity contribution in [2.75, 3.05) is 11.9 Å². The van der Waals surface area contributed by atoms with Gasteiger partial charge in [0, 0.05) is 12.6 Å². The summed E-state index contributed by atoms with van der Waals surface area (Å²) in [6, 6.07) is 10.7. The molecule has 0 aliphatic carbocycles. The second-order valence-corrected chi connectivity index (χ2v) is 5.18. The topological polar surface area (TPSA) is 64.4 Å². The summed E-state index contributed by atoms with van der Waals surface area (Å²) in [4.78, 5) is 10.5. The van der Waals surface area contributed by atoms with Crippen LogP contribution >= 0.6 is 0 Å². The summed E-state index contributed by atoms with van der Waals surface area (Å²) >= 11 is 0. The van der Waals surface area contributed by atoms with Crippen LogP contribution in [0.2, 0.25) is 0 Å². The molecule has 1 heterocycles. The van der Waals surface area contributed by atoms with Crippen LogP contribution in [0.4, 0.5) is 11.4 Å². The van der Waals surface area contributed by atoms with E-state index in [0.717, 1.165) is 30.6 Å². The molecule has 0 spiro atoms. The summed E-state index contributed by atoms with van der Waals surface area (Å²) in [6.07, 6.45) is 2.12. The van der Waals surface area contributed by atoms with E-state index in [1.165, 1.54) is 17.7 Å². The molecule has 0 atom stereocenters. The minimum Gasteiger partial charge on any atom is -0.455 e. The SMILES string of the molecule is Cc1cc(Oc2cccc3c2NCCC3)cc([N+](=O)[O-])c1. The molecule has 21 heavy (non-hydrogen) atoms. The first kappa shape index (κ1) is 13.4. The average Bonchev–Trinajstić information content (AvgIpc) is 2.47. The van der Waals surface area contributed by atoms with E-state index in [0.29, 0.717) is 11.5 Å². The van der Waals surface area contributed by atoms with Crippen molar-refractivity contribution in [3.8, 4) is 11.5 Å². The molecule has 0 bridgehead atoms. The Bertz CT molecular complexity index is 698. The van der Waals surface area contributed by atoms with Crippen LogP contribution in [0.15, 0.2) is 36.4 Å². The van der Waals surface area contributed by atoms with Gasteiger partial charge in [0.2, 0.25) is 0 Å². The van der Waals surface area contributed by atoms with Gasteiger partial charge in [-0.1, -0.05) is 12.1 Å². The number of hydrogen-bond acceptors (Lipinski definition) is 4. The Morgan fingerprint density at radius 1 is 1.29 bits per heavy atom. The van der Waals surface area contributed by atoms with E-state index in [9.17, 15) is 10.1 Å². The minimum atomic E-state index is -0.404. The second-order valence-electron chi connectivity index (χ2n) is 5.18. The van der Waals surface area contributed by atoms with E-state index in [1.807, 2.05) is 19.1 Å². The lowest BCUT2D eigenvalue weighted by Crippen LogP contribution is -2.12. The highest BCUT2D eigenvalue weighted by Gasteiger charge is 2.15. The van der Waals surface area contributed by atoms with E-state index >= 15 is 0 Å². The van der Waals surface area contributed by atoms with Crippen LogP contribution in [0.1, 0.15) is 17.5 Å². The smallest absolute Gasteiger partial charge is 0.273 e. The van der Waals surface area contributed by atoms with Crippen molar-refractivity contribution in [2.24, 2.45) is 0 Å². The molecule has 2 aromatic rings. The number of para-hydroxylation sites is 1. The number of nitro benzene ring substituents is 1. The van der Waals surface area contributed by atoms with E-state index in [-0.39, 0.29) is 5.69 Å². The molecule has 108 valence electrons. The lowest BCUT2D eigenvalue weighted by atomic mass is 10.0. The monoisotopic (exact) mass is 284 g/mol. The average molecular weight is 284 g/mol. The number of benzene rings is 2. The highest BCUT2D eigenvalue weighted by atomic mass is 16.6. The van der Waals surface area contributed by atoms with Crippen LogP contribution in [0.3, 0.4) is 0 Å². The van der Waals surface area contributed by atoms with Gasteiger partial charge in [0.25, 0.3) is 5.69 Å². The van der Waals surface area contributed by atoms with Crippen molar-refractivity contribution in [1.29, 1.82) is 0 Å². The first-order chi connectivity index (χ1) is 10.1. The molecule has 1 aliphatic rings.